The van der Waals surface area contributed by atoms with Gasteiger partial charge in [-0.2, -0.15) is 0 Å². The molecule has 0 fully saturated rings. The summed E-state index contributed by atoms with van der Waals surface area (Å²) in [5, 5.41) is 8.18. The number of pyridine rings is 1. The lowest BCUT2D eigenvalue weighted by Gasteiger charge is -2.21. The third kappa shape index (κ3) is 4.32. The van der Waals surface area contributed by atoms with E-state index in [0.717, 1.165) is 6.26 Å². The molecule has 3 N–H and O–H groups in total. The molecule has 3 aromatic heterocycles. The highest BCUT2D eigenvalue weighted by Crippen LogP contribution is 2.26. The molecular weight excluding hydrogens is 516 g/mol. The van der Waals surface area contributed by atoms with Gasteiger partial charge < -0.3 is 11.1 Å². The van der Waals surface area contributed by atoms with Crippen molar-refractivity contribution in [2.24, 2.45) is 0 Å². The molecule has 0 aliphatic carbocycles. The molecule has 12 heteroatoms. The minimum Gasteiger partial charge on any atom is -0.381 e. The van der Waals surface area contributed by atoms with Crippen molar-refractivity contribution in [1.29, 1.82) is 0 Å². The zero-order chi connectivity index (χ0) is 26.5. The molecular formula is C25H21ClN6O4S. The van der Waals surface area contributed by atoms with Gasteiger partial charge in [-0.15, -0.1) is 5.10 Å². The summed E-state index contributed by atoms with van der Waals surface area (Å²) in [6.45, 7) is 1.72. The number of nitrogens with two attached hydrogens (primary N) is 1. The quantitative estimate of drug-likeness (QED) is 0.351. The Bertz CT molecular complexity index is 1860. The van der Waals surface area contributed by atoms with Crippen molar-refractivity contribution >= 4 is 49.6 Å². The number of nitrogens with zero attached hydrogens (tertiary/aromatic N) is 4. The first-order valence-corrected chi connectivity index (χ1v) is 13.4. The zero-order valence-electron chi connectivity index (χ0n) is 19.7. The number of carbonyl (C=O) groups is 1. The van der Waals surface area contributed by atoms with Gasteiger partial charge in [0.2, 0.25) is 0 Å². The fourth-order valence-electron chi connectivity index (χ4n) is 4.23. The average molecular weight is 537 g/mol. The molecule has 188 valence electrons. The highest BCUT2D eigenvalue weighted by atomic mass is 35.5. The summed E-state index contributed by atoms with van der Waals surface area (Å²) in [4.78, 5) is 31.3. The number of rotatable bonds is 5. The lowest BCUT2D eigenvalue weighted by Crippen LogP contribution is -2.32. The number of halogens is 1. The van der Waals surface area contributed by atoms with Crippen LogP contribution in [0, 0.1) is 0 Å². The molecule has 1 unspecified atom stereocenters. The number of sulfone groups is 1. The number of amides is 1. The SMILES string of the molecule is CC(NC(=O)c1c(N)nn2cccnc12)c1cc2cccc(Cl)c2c(=O)n1-c1ccc(S(C)(=O)=O)cc1. The molecule has 1 amide bonds. The van der Waals surface area contributed by atoms with Gasteiger partial charge in [0.05, 0.1) is 21.3 Å². The number of benzene rings is 2. The van der Waals surface area contributed by atoms with E-state index in [-0.39, 0.29) is 21.3 Å². The van der Waals surface area contributed by atoms with Crippen LogP contribution < -0.4 is 16.6 Å². The van der Waals surface area contributed by atoms with Crippen LogP contribution in [0.1, 0.15) is 29.0 Å². The van der Waals surface area contributed by atoms with E-state index in [1.54, 1.807) is 43.5 Å². The lowest BCUT2D eigenvalue weighted by atomic mass is 10.1. The Kier molecular flexibility index (Phi) is 5.97. The third-order valence-electron chi connectivity index (χ3n) is 5.99. The fraction of sp³-hybridized carbons (Fsp3) is 0.120. The minimum atomic E-state index is -3.43. The molecule has 0 saturated heterocycles. The maximum atomic E-state index is 13.7. The average Bonchev–Trinajstić information content (AvgIpc) is 3.19. The molecule has 0 aliphatic rings. The van der Waals surface area contributed by atoms with Gasteiger partial charge >= 0.3 is 0 Å². The number of carbonyl (C=O) groups excluding carboxylic acids is 1. The van der Waals surface area contributed by atoms with E-state index in [4.69, 9.17) is 17.3 Å². The molecule has 3 heterocycles. The Labute approximate surface area is 216 Å². The first-order chi connectivity index (χ1) is 17.6. The third-order valence-corrected chi connectivity index (χ3v) is 7.43. The number of aromatic nitrogens is 4. The highest BCUT2D eigenvalue weighted by molar-refractivity contribution is 7.90. The van der Waals surface area contributed by atoms with Gasteiger partial charge in [0.1, 0.15) is 5.56 Å². The standard InChI is InChI=1S/C25H21ClN6O4S/c1-14(29-24(33)21-22(27)30-31-12-4-11-28-23(21)31)19-13-15-5-3-6-18(26)20(15)25(34)32(19)16-7-9-17(10-8-16)37(2,35)36/h3-14H,1-2H3,(H2,27,30)(H,29,33). The summed E-state index contributed by atoms with van der Waals surface area (Å²) in [5.41, 5.74) is 6.85. The van der Waals surface area contributed by atoms with Crippen LogP contribution in [0.15, 0.2) is 76.7 Å². The Hall–Kier alpha value is -4.22. The second-order valence-electron chi connectivity index (χ2n) is 8.52. The van der Waals surface area contributed by atoms with Gasteiger partial charge in [-0.25, -0.2) is 17.9 Å². The van der Waals surface area contributed by atoms with Crippen LogP contribution in [0.5, 0.6) is 0 Å². The van der Waals surface area contributed by atoms with E-state index in [2.05, 4.69) is 15.4 Å². The predicted octanol–water partition coefficient (Wildman–Crippen LogP) is 3.16. The fourth-order valence-corrected chi connectivity index (χ4v) is 5.12. The van der Waals surface area contributed by atoms with E-state index in [9.17, 15) is 18.0 Å². The Balaban J connectivity index is 1.64. The zero-order valence-corrected chi connectivity index (χ0v) is 21.3. The number of nitrogens with one attached hydrogen (secondary N) is 1. The summed E-state index contributed by atoms with van der Waals surface area (Å²) < 4.78 is 26.7. The monoisotopic (exact) mass is 536 g/mol. The highest BCUT2D eigenvalue weighted by Gasteiger charge is 2.24. The normalized spacial score (nSPS) is 12.6. The van der Waals surface area contributed by atoms with E-state index in [1.165, 1.54) is 39.5 Å². The van der Waals surface area contributed by atoms with Crippen LogP contribution in [0.4, 0.5) is 5.82 Å². The van der Waals surface area contributed by atoms with Gasteiger partial charge in [0, 0.05) is 30.0 Å². The number of anilines is 1. The van der Waals surface area contributed by atoms with Crippen molar-refractivity contribution in [2.45, 2.75) is 17.9 Å². The van der Waals surface area contributed by atoms with E-state index < -0.39 is 27.3 Å². The summed E-state index contributed by atoms with van der Waals surface area (Å²) >= 11 is 6.37. The number of nitrogen functional groups attached to an aromatic ring is 1. The van der Waals surface area contributed by atoms with Gasteiger partial charge in [-0.3, -0.25) is 14.2 Å². The molecule has 0 spiro atoms. The Morgan fingerprint density at radius 2 is 1.86 bits per heavy atom. The largest absolute Gasteiger partial charge is 0.381 e. The lowest BCUT2D eigenvalue weighted by molar-refractivity contribution is 0.0941. The summed E-state index contributed by atoms with van der Waals surface area (Å²) in [5.74, 6) is -0.501. The van der Waals surface area contributed by atoms with Gasteiger partial charge in [0.15, 0.2) is 21.3 Å². The molecule has 10 nitrogen and oxygen atoms in total. The van der Waals surface area contributed by atoms with Crippen LogP contribution in [-0.4, -0.2) is 39.7 Å². The van der Waals surface area contributed by atoms with E-state index >= 15 is 0 Å². The predicted molar refractivity (Wildman–Crippen MR) is 141 cm³/mol. The Morgan fingerprint density at radius 1 is 1.14 bits per heavy atom. The molecule has 0 bridgehead atoms. The number of hydrogen-bond acceptors (Lipinski definition) is 7. The van der Waals surface area contributed by atoms with Crippen molar-refractivity contribution in [2.75, 3.05) is 12.0 Å². The van der Waals surface area contributed by atoms with Crippen LogP contribution in [-0.2, 0) is 9.84 Å². The minimum absolute atomic E-state index is 0.0162. The Morgan fingerprint density at radius 3 is 2.57 bits per heavy atom. The molecule has 5 rings (SSSR count). The van der Waals surface area contributed by atoms with E-state index in [0.29, 0.717) is 27.8 Å². The van der Waals surface area contributed by atoms with Crippen LogP contribution in [0.25, 0.3) is 22.1 Å². The molecule has 2 aromatic carbocycles. The number of hydrogen-bond donors (Lipinski definition) is 2. The first kappa shape index (κ1) is 24.5. The maximum Gasteiger partial charge on any atom is 0.264 e. The van der Waals surface area contributed by atoms with Crippen molar-refractivity contribution in [3.05, 3.63) is 93.6 Å². The first-order valence-electron chi connectivity index (χ1n) is 11.1. The molecule has 0 aliphatic heterocycles. The maximum absolute atomic E-state index is 13.7. The molecule has 37 heavy (non-hydrogen) atoms. The molecule has 1 atom stereocenters. The topological polar surface area (TPSA) is 141 Å². The summed E-state index contributed by atoms with van der Waals surface area (Å²) in [7, 11) is -3.43. The van der Waals surface area contributed by atoms with Gasteiger partial charge in [-0.1, -0.05) is 23.7 Å². The van der Waals surface area contributed by atoms with Gasteiger partial charge in [0.25, 0.3) is 11.5 Å². The van der Waals surface area contributed by atoms with Crippen LogP contribution >= 0.6 is 11.6 Å². The number of fused-ring (bicyclic) bond motifs is 2. The smallest absolute Gasteiger partial charge is 0.264 e. The second kappa shape index (κ2) is 9.02. The van der Waals surface area contributed by atoms with E-state index in [1.807, 2.05) is 0 Å². The van der Waals surface area contributed by atoms with Gasteiger partial charge in [-0.05, 0) is 54.8 Å². The van der Waals surface area contributed by atoms with Crippen molar-refractivity contribution in [3.8, 4) is 5.69 Å². The molecule has 5 aromatic rings. The molecule has 0 radical (unpaired) electrons. The second-order valence-corrected chi connectivity index (χ2v) is 10.9. The summed E-state index contributed by atoms with van der Waals surface area (Å²) in [6.07, 6.45) is 4.26. The van der Waals surface area contributed by atoms with Crippen molar-refractivity contribution in [3.63, 3.8) is 0 Å². The van der Waals surface area contributed by atoms with Crippen molar-refractivity contribution < 1.29 is 13.2 Å². The van der Waals surface area contributed by atoms with Crippen LogP contribution in [0.3, 0.4) is 0 Å². The molecule has 0 saturated carbocycles. The van der Waals surface area contributed by atoms with Crippen molar-refractivity contribution in [1.82, 2.24) is 24.5 Å². The summed E-state index contributed by atoms with van der Waals surface area (Å²) in [6, 6.07) is 13.8. The van der Waals surface area contributed by atoms with Crippen LogP contribution in [0.2, 0.25) is 5.02 Å².